The molecule has 1 fully saturated rings. The highest BCUT2D eigenvalue weighted by Crippen LogP contribution is 2.36. The molecule has 2 atom stereocenters. The number of nitrogens with one attached hydrogen (secondary N) is 2. The fraction of sp³-hybridized carbons (Fsp3) is 0.389. The van der Waals surface area contributed by atoms with E-state index < -0.39 is 11.7 Å². The Balaban J connectivity index is 1.68. The third-order valence-corrected chi connectivity index (χ3v) is 5.04. The van der Waals surface area contributed by atoms with E-state index in [1.165, 1.54) is 12.1 Å². The van der Waals surface area contributed by atoms with Crippen molar-refractivity contribution in [2.45, 2.75) is 18.4 Å². The van der Waals surface area contributed by atoms with Crippen LogP contribution in [0.4, 0.5) is 10.1 Å². The number of halogens is 1. The number of hydrogen-bond donors (Lipinski definition) is 2. The van der Waals surface area contributed by atoms with Gasteiger partial charge in [-0.15, -0.1) is 0 Å². The number of carbonyl (C=O) groups is 2. The number of nitrogens with zero attached hydrogens (tertiary/aromatic N) is 3. The summed E-state index contributed by atoms with van der Waals surface area (Å²) in [5.74, 6) is -0.650. The molecule has 2 amide bonds. The highest BCUT2D eigenvalue weighted by Gasteiger charge is 2.38. The summed E-state index contributed by atoms with van der Waals surface area (Å²) in [6.07, 6.45) is 3.62. The molecule has 4 rings (SSSR count). The average Bonchev–Trinajstić information content (AvgIpc) is 3.06. The maximum atomic E-state index is 13.5. The van der Waals surface area contributed by atoms with Crippen LogP contribution in [0.25, 0.3) is 0 Å². The number of carbonyl (C=O) groups excluding carboxylic acids is 2. The topological polar surface area (TPSA) is 79.3 Å². The largest absolute Gasteiger partial charge is 0.336 e. The van der Waals surface area contributed by atoms with Gasteiger partial charge in [0.25, 0.3) is 0 Å². The molecule has 2 unspecified atom stereocenters. The smallest absolute Gasteiger partial charge is 0.231 e. The van der Waals surface area contributed by atoms with E-state index in [1.54, 1.807) is 17.2 Å². The van der Waals surface area contributed by atoms with Crippen LogP contribution in [0.3, 0.4) is 0 Å². The van der Waals surface area contributed by atoms with Gasteiger partial charge in [0.1, 0.15) is 17.7 Å². The normalized spacial score (nSPS) is 22.7. The van der Waals surface area contributed by atoms with Crippen LogP contribution in [-0.4, -0.2) is 45.9 Å². The minimum Gasteiger partial charge on any atom is -0.336 e. The highest BCUT2D eigenvalue weighted by atomic mass is 19.1. The number of hydrogen-bond acceptors (Lipinski definition) is 4. The van der Waals surface area contributed by atoms with Gasteiger partial charge in [0.15, 0.2) is 0 Å². The van der Waals surface area contributed by atoms with Gasteiger partial charge in [0.05, 0.1) is 5.92 Å². The second kappa shape index (κ2) is 6.53. The fourth-order valence-corrected chi connectivity index (χ4v) is 3.75. The zero-order valence-corrected chi connectivity index (χ0v) is 14.4. The molecular formula is C18H20FN5O2. The average molecular weight is 357 g/mol. The lowest BCUT2D eigenvalue weighted by Gasteiger charge is -2.38. The van der Waals surface area contributed by atoms with Gasteiger partial charge in [-0.05, 0) is 17.7 Å². The molecule has 0 radical (unpaired) electrons. The number of fused-ring (bicyclic) bond motifs is 1. The standard InChI is InChI=1S/C18H20FN5O2/c1-23-6-5-21-17(23)15-10-20-4-7-24(15)18(26)13-9-16(25)22-14-8-11(19)2-3-12(13)14/h2-3,5-6,8,13,15,20H,4,7,9-10H2,1H3,(H,22,25). The first-order chi connectivity index (χ1) is 12.5. The minimum absolute atomic E-state index is 0.0642. The van der Waals surface area contributed by atoms with Gasteiger partial charge in [-0.2, -0.15) is 0 Å². The van der Waals surface area contributed by atoms with Crippen molar-refractivity contribution in [2.75, 3.05) is 25.0 Å². The predicted molar refractivity (Wildman–Crippen MR) is 92.9 cm³/mol. The second-order valence-corrected chi connectivity index (χ2v) is 6.68. The minimum atomic E-state index is -0.611. The van der Waals surface area contributed by atoms with E-state index >= 15 is 0 Å². The first kappa shape index (κ1) is 16.7. The molecule has 2 N–H and O–H groups in total. The number of rotatable bonds is 2. The van der Waals surface area contributed by atoms with Crippen molar-refractivity contribution in [3.63, 3.8) is 0 Å². The van der Waals surface area contributed by atoms with Crippen molar-refractivity contribution in [3.8, 4) is 0 Å². The number of imidazole rings is 1. The van der Waals surface area contributed by atoms with E-state index in [0.29, 0.717) is 30.9 Å². The zero-order chi connectivity index (χ0) is 18.3. The van der Waals surface area contributed by atoms with Gasteiger partial charge in [0.2, 0.25) is 11.8 Å². The Morgan fingerprint density at radius 3 is 3.00 bits per heavy atom. The lowest BCUT2D eigenvalue weighted by molar-refractivity contribution is -0.138. The molecule has 0 saturated carbocycles. The summed E-state index contributed by atoms with van der Waals surface area (Å²) in [7, 11) is 1.89. The van der Waals surface area contributed by atoms with Gasteiger partial charge in [0, 0.05) is 51.2 Å². The van der Waals surface area contributed by atoms with Crippen LogP contribution in [0, 0.1) is 5.82 Å². The Kier molecular flexibility index (Phi) is 4.20. The molecule has 1 aromatic carbocycles. The molecule has 0 spiro atoms. The molecule has 0 aliphatic carbocycles. The zero-order valence-electron chi connectivity index (χ0n) is 14.4. The van der Waals surface area contributed by atoms with Gasteiger partial charge >= 0.3 is 0 Å². The molecule has 26 heavy (non-hydrogen) atoms. The lowest BCUT2D eigenvalue weighted by Crippen LogP contribution is -2.51. The van der Waals surface area contributed by atoms with E-state index in [-0.39, 0.29) is 24.3 Å². The van der Waals surface area contributed by atoms with Crippen LogP contribution in [0.2, 0.25) is 0 Å². The van der Waals surface area contributed by atoms with Crippen LogP contribution >= 0.6 is 0 Å². The SMILES string of the molecule is Cn1ccnc1C1CNCCN1C(=O)C1CC(=O)Nc2cc(F)ccc21. The van der Waals surface area contributed by atoms with E-state index in [4.69, 9.17) is 0 Å². The molecule has 8 heteroatoms. The van der Waals surface area contributed by atoms with Gasteiger partial charge in [-0.3, -0.25) is 9.59 Å². The van der Waals surface area contributed by atoms with Crippen LogP contribution in [0.15, 0.2) is 30.6 Å². The summed E-state index contributed by atoms with van der Waals surface area (Å²) in [4.78, 5) is 31.6. The number of anilines is 1. The Hall–Kier alpha value is -2.74. The molecule has 136 valence electrons. The second-order valence-electron chi connectivity index (χ2n) is 6.68. The molecule has 7 nitrogen and oxygen atoms in total. The van der Waals surface area contributed by atoms with Crippen LogP contribution < -0.4 is 10.6 Å². The Morgan fingerprint density at radius 2 is 2.23 bits per heavy atom. The fourth-order valence-electron chi connectivity index (χ4n) is 3.75. The summed E-state index contributed by atoms with van der Waals surface area (Å²) in [6.45, 7) is 1.82. The molecule has 3 heterocycles. The molecule has 1 aromatic heterocycles. The molecular weight excluding hydrogens is 337 g/mol. The molecule has 2 aliphatic rings. The van der Waals surface area contributed by atoms with Crippen molar-refractivity contribution in [1.29, 1.82) is 0 Å². The molecule has 0 bridgehead atoms. The first-order valence-electron chi connectivity index (χ1n) is 8.62. The van der Waals surface area contributed by atoms with Crippen molar-refractivity contribution < 1.29 is 14.0 Å². The van der Waals surface area contributed by atoms with Crippen molar-refractivity contribution in [1.82, 2.24) is 19.8 Å². The van der Waals surface area contributed by atoms with Crippen LogP contribution in [0.1, 0.15) is 29.8 Å². The van der Waals surface area contributed by atoms with Gasteiger partial charge in [-0.1, -0.05) is 6.07 Å². The third-order valence-electron chi connectivity index (χ3n) is 5.04. The summed E-state index contributed by atoms with van der Waals surface area (Å²) < 4.78 is 15.4. The monoisotopic (exact) mass is 357 g/mol. The number of piperazine rings is 1. The number of benzene rings is 1. The van der Waals surface area contributed by atoms with Crippen molar-refractivity contribution in [2.24, 2.45) is 7.05 Å². The quantitative estimate of drug-likeness (QED) is 0.845. The molecule has 1 saturated heterocycles. The maximum absolute atomic E-state index is 13.5. The third kappa shape index (κ3) is 2.86. The Morgan fingerprint density at radius 1 is 1.38 bits per heavy atom. The number of amides is 2. The number of aryl methyl sites for hydroxylation is 1. The summed E-state index contributed by atoms with van der Waals surface area (Å²) in [6, 6.07) is 3.97. The van der Waals surface area contributed by atoms with Gasteiger partial charge < -0.3 is 20.1 Å². The predicted octanol–water partition coefficient (Wildman–Crippen LogP) is 1.16. The highest BCUT2D eigenvalue weighted by molar-refractivity contribution is 6.01. The Labute approximate surface area is 150 Å². The van der Waals surface area contributed by atoms with Gasteiger partial charge in [-0.25, -0.2) is 9.37 Å². The van der Waals surface area contributed by atoms with Crippen LogP contribution in [0.5, 0.6) is 0 Å². The van der Waals surface area contributed by atoms with E-state index in [1.807, 2.05) is 17.8 Å². The maximum Gasteiger partial charge on any atom is 0.231 e. The first-order valence-corrected chi connectivity index (χ1v) is 8.62. The summed E-state index contributed by atoms with van der Waals surface area (Å²) in [5, 5.41) is 5.96. The summed E-state index contributed by atoms with van der Waals surface area (Å²) >= 11 is 0. The van der Waals surface area contributed by atoms with E-state index in [2.05, 4.69) is 15.6 Å². The van der Waals surface area contributed by atoms with E-state index in [9.17, 15) is 14.0 Å². The number of aromatic nitrogens is 2. The molecule has 2 aliphatic heterocycles. The van der Waals surface area contributed by atoms with E-state index in [0.717, 1.165) is 5.82 Å². The van der Waals surface area contributed by atoms with Crippen molar-refractivity contribution in [3.05, 3.63) is 47.8 Å². The lowest BCUT2D eigenvalue weighted by atomic mass is 9.88. The molecule has 2 aromatic rings. The van der Waals surface area contributed by atoms with Crippen molar-refractivity contribution >= 4 is 17.5 Å². The van der Waals surface area contributed by atoms with Crippen LogP contribution in [-0.2, 0) is 16.6 Å². The Bertz CT molecular complexity index is 865. The summed E-state index contributed by atoms with van der Waals surface area (Å²) in [5.41, 5.74) is 1.04.